The van der Waals surface area contributed by atoms with Crippen LogP contribution in [0.4, 0.5) is 0 Å². The van der Waals surface area contributed by atoms with Crippen molar-refractivity contribution in [3.63, 3.8) is 0 Å². The van der Waals surface area contributed by atoms with Crippen LogP contribution in [0.2, 0.25) is 0 Å². The normalized spacial score (nSPS) is 10.8. The molecular weight excluding hydrogens is 288 g/mol. The van der Waals surface area contributed by atoms with Gasteiger partial charge < -0.3 is 14.3 Å². The molecule has 0 atom stereocenters. The molecule has 5 nitrogen and oxygen atoms in total. The van der Waals surface area contributed by atoms with Crippen LogP contribution < -0.4 is 4.74 Å². The van der Waals surface area contributed by atoms with Crippen LogP contribution in [0.15, 0.2) is 39.6 Å². The molecule has 0 saturated heterocycles. The molecule has 0 saturated carbocycles. The van der Waals surface area contributed by atoms with E-state index in [0.717, 1.165) is 17.0 Å². The molecule has 21 heavy (non-hydrogen) atoms. The van der Waals surface area contributed by atoms with Gasteiger partial charge in [-0.15, -0.1) is 0 Å². The number of hydrogen-bond donors (Lipinski definition) is 1. The van der Waals surface area contributed by atoms with E-state index in [1.54, 1.807) is 29.7 Å². The van der Waals surface area contributed by atoms with E-state index < -0.39 is 0 Å². The minimum atomic E-state index is -0.0767. The Balaban J connectivity index is 1.70. The smallest absolute Gasteiger partial charge is 0.227 e. The molecule has 0 bridgehead atoms. The highest BCUT2D eigenvalue weighted by atomic mass is 32.1. The topological polar surface area (TPSA) is 68.4 Å². The Bertz CT molecular complexity index is 705. The lowest BCUT2D eigenvalue weighted by molar-refractivity contribution is 0.274. The Labute approximate surface area is 125 Å². The standard InChI is InChI=1S/C15H14N2O3S/c1-10-14(17-15(20-10)11-4-5-21-9-11)8-19-13-3-2-12(7-18)16-6-13/h2-6,9,18H,7-8H2,1H3. The Morgan fingerprint density at radius 1 is 1.33 bits per heavy atom. The third-order valence-corrected chi connectivity index (χ3v) is 3.68. The van der Waals surface area contributed by atoms with E-state index in [0.29, 0.717) is 23.9 Å². The van der Waals surface area contributed by atoms with Crippen molar-refractivity contribution in [2.24, 2.45) is 0 Å². The van der Waals surface area contributed by atoms with Gasteiger partial charge in [-0.2, -0.15) is 11.3 Å². The van der Waals surface area contributed by atoms with Crippen molar-refractivity contribution in [3.8, 4) is 17.2 Å². The van der Waals surface area contributed by atoms with Crippen LogP contribution in [0.3, 0.4) is 0 Å². The highest BCUT2D eigenvalue weighted by Gasteiger charge is 2.12. The number of pyridine rings is 1. The lowest BCUT2D eigenvalue weighted by atomic mass is 10.3. The second kappa shape index (κ2) is 6.07. The third-order valence-electron chi connectivity index (χ3n) is 3.00. The maximum Gasteiger partial charge on any atom is 0.227 e. The van der Waals surface area contributed by atoms with Gasteiger partial charge in [0.05, 0.1) is 18.5 Å². The fraction of sp³-hybridized carbons (Fsp3) is 0.200. The molecule has 0 spiro atoms. The van der Waals surface area contributed by atoms with E-state index >= 15 is 0 Å². The van der Waals surface area contributed by atoms with Crippen LogP contribution in [-0.4, -0.2) is 15.1 Å². The molecule has 6 heteroatoms. The quantitative estimate of drug-likeness (QED) is 0.784. The van der Waals surface area contributed by atoms with Gasteiger partial charge >= 0.3 is 0 Å². The molecule has 0 aliphatic carbocycles. The maximum absolute atomic E-state index is 8.94. The molecule has 3 aromatic rings. The number of thiophene rings is 1. The molecule has 0 aromatic carbocycles. The van der Waals surface area contributed by atoms with Crippen LogP contribution in [0, 0.1) is 6.92 Å². The lowest BCUT2D eigenvalue weighted by Crippen LogP contribution is -1.98. The Morgan fingerprint density at radius 3 is 2.90 bits per heavy atom. The number of aryl methyl sites for hydroxylation is 1. The molecule has 3 heterocycles. The molecule has 0 aliphatic heterocycles. The van der Waals surface area contributed by atoms with Crippen molar-refractivity contribution in [2.75, 3.05) is 0 Å². The number of rotatable bonds is 5. The van der Waals surface area contributed by atoms with Crippen LogP contribution in [0.1, 0.15) is 17.1 Å². The second-order valence-electron chi connectivity index (χ2n) is 4.47. The highest BCUT2D eigenvalue weighted by molar-refractivity contribution is 7.08. The zero-order valence-electron chi connectivity index (χ0n) is 11.4. The van der Waals surface area contributed by atoms with E-state index in [9.17, 15) is 0 Å². The first-order chi connectivity index (χ1) is 10.3. The van der Waals surface area contributed by atoms with Gasteiger partial charge in [-0.05, 0) is 30.5 Å². The molecule has 3 aromatic heterocycles. The number of aromatic nitrogens is 2. The summed E-state index contributed by atoms with van der Waals surface area (Å²) in [5, 5.41) is 12.9. The summed E-state index contributed by atoms with van der Waals surface area (Å²) in [6.07, 6.45) is 1.58. The molecule has 0 unspecified atom stereocenters. The maximum atomic E-state index is 8.94. The lowest BCUT2D eigenvalue weighted by Gasteiger charge is -2.04. The Kier molecular flexibility index (Phi) is 3.98. The van der Waals surface area contributed by atoms with Gasteiger partial charge in [0.1, 0.15) is 23.8 Å². The highest BCUT2D eigenvalue weighted by Crippen LogP contribution is 2.24. The summed E-state index contributed by atoms with van der Waals surface area (Å²) in [6.45, 7) is 2.11. The first-order valence-corrected chi connectivity index (χ1v) is 7.38. The van der Waals surface area contributed by atoms with Gasteiger partial charge in [0.15, 0.2) is 0 Å². The fourth-order valence-electron chi connectivity index (χ4n) is 1.81. The number of hydrogen-bond acceptors (Lipinski definition) is 6. The van der Waals surface area contributed by atoms with E-state index in [1.165, 1.54) is 0 Å². The molecule has 0 aliphatic rings. The molecule has 3 rings (SSSR count). The first kappa shape index (κ1) is 13.8. The van der Waals surface area contributed by atoms with Gasteiger partial charge in [0.2, 0.25) is 5.89 Å². The zero-order valence-corrected chi connectivity index (χ0v) is 12.3. The van der Waals surface area contributed by atoms with E-state index in [1.807, 2.05) is 23.8 Å². The summed E-state index contributed by atoms with van der Waals surface area (Å²) in [5.74, 6) is 1.99. The Morgan fingerprint density at radius 2 is 2.24 bits per heavy atom. The molecular formula is C15H14N2O3S. The summed E-state index contributed by atoms with van der Waals surface area (Å²) in [7, 11) is 0. The monoisotopic (exact) mass is 302 g/mol. The average Bonchev–Trinajstić information content (AvgIpc) is 3.15. The van der Waals surface area contributed by atoms with Gasteiger partial charge in [-0.3, -0.25) is 4.98 Å². The molecule has 108 valence electrons. The summed E-state index contributed by atoms with van der Waals surface area (Å²) in [5.41, 5.74) is 2.35. The summed E-state index contributed by atoms with van der Waals surface area (Å²) in [4.78, 5) is 8.52. The number of aliphatic hydroxyl groups excluding tert-OH is 1. The van der Waals surface area contributed by atoms with Crippen LogP contribution in [0.5, 0.6) is 5.75 Å². The molecule has 0 fully saturated rings. The SMILES string of the molecule is Cc1oc(-c2ccsc2)nc1COc1ccc(CO)nc1. The minimum Gasteiger partial charge on any atom is -0.486 e. The molecule has 0 amide bonds. The van der Waals surface area contributed by atoms with E-state index in [-0.39, 0.29) is 6.61 Å². The van der Waals surface area contributed by atoms with E-state index in [4.69, 9.17) is 14.3 Å². The van der Waals surface area contributed by atoms with Gasteiger partial charge in [0.25, 0.3) is 0 Å². The fourth-order valence-corrected chi connectivity index (χ4v) is 2.44. The van der Waals surface area contributed by atoms with Crippen LogP contribution in [0.25, 0.3) is 11.5 Å². The van der Waals surface area contributed by atoms with Gasteiger partial charge in [-0.1, -0.05) is 0 Å². The van der Waals surface area contributed by atoms with Crippen molar-refractivity contribution >= 4 is 11.3 Å². The second-order valence-corrected chi connectivity index (χ2v) is 5.25. The number of nitrogens with zero attached hydrogens (tertiary/aromatic N) is 2. The largest absolute Gasteiger partial charge is 0.486 e. The van der Waals surface area contributed by atoms with Crippen molar-refractivity contribution in [3.05, 3.63) is 52.3 Å². The number of aliphatic hydroxyl groups is 1. The van der Waals surface area contributed by atoms with Gasteiger partial charge in [-0.25, -0.2) is 4.98 Å². The minimum absolute atomic E-state index is 0.0767. The zero-order chi connectivity index (χ0) is 14.7. The summed E-state index contributed by atoms with van der Waals surface area (Å²) < 4.78 is 11.3. The van der Waals surface area contributed by atoms with Crippen LogP contribution >= 0.6 is 11.3 Å². The molecule has 0 radical (unpaired) electrons. The summed E-state index contributed by atoms with van der Waals surface area (Å²) in [6, 6.07) is 5.47. The number of oxazole rings is 1. The van der Waals surface area contributed by atoms with Gasteiger partial charge in [0, 0.05) is 10.9 Å². The van der Waals surface area contributed by atoms with Crippen molar-refractivity contribution < 1.29 is 14.3 Å². The van der Waals surface area contributed by atoms with E-state index in [2.05, 4.69) is 9.97 Å². The third kappa shape index (κ3) is 3.12. The average molecular weight is 302 g/mol. The predicted octanol–water partition coefficient (Wildman–Crippen LogP) is 3.18. The summed E-state index contributed by atoms with van der Waals surface area (Å²) >= 11 is 1.60. The Hall–Kier alpha value is -2.18. The van der Waals surface area contributed by atoms with Crippen molar-refractivity contribution in [1.82, 2.24) is 9.97 Å². The number of ether oxygens (including phenoxy) is 1. The predicted molar refractivity (Wildman–Crippen MR) is 79.0 cm³/mol. The molecule has 1 N–H and O–H groups in total. The first-order valence-electron chi connectivity index (χ1n) is 6.43. The van der Waals surface area contributed by atoms with Crippen molar-refractivity contribution in [1.29, 1.82) is 0 Å². The van der Waals surface area contributed by atoms with Crippen LogP contribution in [-0.2, 0) is 13.2 Å². The van der Waals surface area contributed by atoms with Crippen molar-refractivity contribution in [2.45, 2.75) is 20.1 Å².